The molecule has 0 spiro atoms. The Kier molecular flexibility index (Phi) is 4.95. The minimum absolute atomic E-state index is 0.125. The molecule has 4 aromatic heterocycles. The maximum absolute atomic E-state index is 14.2. The lowest BCUT2D eigenvalue weighted by molar-refractivity contribution is 0.421. The molecule has 158 valence electrons. The molecule has 1 aliphatic rings. The van der Waals surface area contributed by atoms with E-state index in [9.17, 15) is 4.39 Å². The van der Waals surface area contributed by atoms with Crippen LogP contribution in [0.2, 0.25) is 0 Å². The summed E-state index contributed by atoms with van der Waals surface area (Å²) in [5.74, 6) is 0.0883. The number of nitrogens with two attached hydrogens (primary N) is 1. The van der Waals surface area contributed by atoms with Gasteiger partial charge in [-0.2, -0.15) is 9.61 Å². The van der Waals surface area contributed by atoms with Gasteiger partial charge in [0.1, 0.15) is 11.4 Å². The summed E-state index contributed by atoms with van der Waals surface area (Å²) in [4.78, 5) is 15.2. The molecule has 4 aromatic rings. The maximum Gasteiger partial charge on any atom is 0.229 e. The number of piperidine rings is 1. The van der Waals surface area contributed by atoms with Crippen LogP contribution in [0.5, 0.6) is 0 Å². The molecule has 1 fully saturated rings. The average Bonchev–Trinajstić information content (AvgIpc) is 3.18. The fraction of sp³-hybridized carbons (Fsp3) is 0.273. The molecule has 1 aliphatic heterocycles. The lowest BCUT2D eigenvalue weighted by atomic mass is 9.97. The molecule has 2 atom stereocenters. The van der Waals surface area contributed by atoms with Crippen LogP contribution in [0.15, 0.2) is 55.1 Å². The van der Waals surface area contributed by atoms with Crippen molar-refractivity contribution in [1.29, 1.82) is 0 Å². The molecule has 0 aromatic carbocycles. The highest BCUT2D eigenvalue weighted by Gasteiger charge is 2.27. The van der Waals surface area contributed by atoms with E-state index >= 15 is 0 Å². The lowest BCUT2D eigenvalue weighted by Crippen LogP contribution is -2.50. The van der Waals surface area contributed by atoms with Crippen LogP contribution in [0.4, 0.5) is 21.7 Å². The highest BCUT2D eigenvalue weighted by Crippen LogP contribution is 2.32. The second-order valence-electron chi connectivity index (χ2n) is 7.73. The van der Waals surface area contributed by atoms with Gasteiger partial charge in [0.05, 0.1) is 29.3 Å². The van der Waals surface area contributed by atoms with Crippen LogP contribution < -0.4 is 16.0 Å². The summed E-state index contributed by atoms with van der Waals surface area (Å²) in [6.07, 6.45) is 8.86. The number of hydrogen-bond donors (Lipinski definition) is 2. The van der Waals surface area contributed by atoms with Crippen LogP contribution >= 0.6 is 0 Å². The Hall–Kier alpha value is -3.59. The lowest BCUT2D eigenvalue weighted by Gasteiger charge is -2.40. The number of imidazole rings is 1. The molecule has 31 heavy (non-hydrogen) atoms. The van der Waals surface area contributed by atoms with Gasteiger partial charge in [0.2, 0.25) is 5.95 Å². The second-order valence-corrected chi connectivity index (χ2v) is 7.73. The second kappa shape index (κ2) is 7.92. The van der Waals surface area contributed by atoms with Crippen molar-refractivity contribution in [2.75, 3.05) is 16.8 Å². The summed E-state index contributed by atoms with van der Waals surface area (Å²) in [6.45, 7) is 3.07. The normalized spacial score (nSPS) is 19.0. The Morgan fingerprint density at radius 2 is 2.03 bits per heavy atom. The van der Waals surface area contributed by atoms with Crippen molar-refractivity contribution in [3.63, 3.8) is 0 Å². The maximum atomic E-state index is 14.2. The zero-order valence-electron chi connectivity index (χ0n) is 17.1. The fourth-order valence-corrected chi connectivity index (χ4v) is 4.04. The van der Waals surface area contributed by atoms with Gasteiger partial charge in [-0.25, -0.2) is 9.37 Å². The van der Waals surface area contributed by atoms with Crippen molar-refractivity contribution < 1.29 is 4.39 Å². The number of halogens is 1. The predicted octanol–water partition coefficient (Wildman–Crippen LogP) is 3.39. The third-order valence-corrected chi connectivity index (χ3v) is 5.79. The SMILES string of the molecule is CC1C(N)CCCN1c1ccncc1Nc1ncc2ccc(-c3ncccc3F)nn12. The Labute approximate surface area is 179 Å². The summed E-state index contributed by atoms with van der Waals surface area (Å²) in [5.41, 5.74) is 9.54. The molecule has 0 bridgehead atoms. The molecule has 9 heteroatoms. The zero-order chi connectivity index (χ0) is 21.4. The molecule has 8 nitrogen and oxygen atoms in total. The number of aromatic nitrogens is 5. The minimum Gasteiger partial charge on any atom is -0.365 e. The third kappa shape index (κ3) is 3.57. The first kappa shape index (κ1) is 19.4. The van der Waals surface area contributed by atoms with Crippen LogP contribution in [0, 0.1) is 5.82 Å². The van der Waals surface area contributed by atoms with Crippen molar-refractivity contribution in [3.05, 3.63) is 60.9 Å². The number of nitrogens with one attached hydrogen (secondary N) is 1. The third-order valence-electron chi connectivity index (χ3n) is 5.79. The predicted molar refractivity (Wildman–Crippen MR) is 118 cm³/mol. The van der Waals surface area contributed by atoms with E-state index in [2.05, 4.69) is 37.2 Å². The highest BCUT2D eigenvalue weighted by molar-refractivity contribution is 5.74. The minimum atomic E-state index is -0.422. The number of rotatable bonds is 4. The van der Waals surface area contributed by atoms with Crippen LogP contribution in [-0.2, 0) is 0 Å². The molecule has 2 unspecified atom stereocenters. The van der Waals surface area contributed by atoms with Crippen LogP contribution in [0.1, 0.15) is 19.8 Å². The van der Waals surface area contributed by atoms with Crippen molar-refractivity contribution in [2.45, 2.75) is 31.8 Å². The van der Waals surface area contributed by atoms with Gasteiger partial charge in [0.25, 0.3) is 0 Å². The summed E-state index contributed by atoms with van der Waals surface area (Å²) in [7, 11) is 0. The quantitative estimate of drug-likeness (QED) is 0.524. The first-order valence-corrected chi connectivity index (χ1v) is 10.3. The number of nitrogens with zero attached hydrogens (tertiary/aromatic N) is 6. The van der Waals surface area contributed by atoms with E-state index in [0.29, 0.717) is 11.6 Å². The molecule has 3 N–H and O–H groups in total. The van der Waals surface area contributed by atoms with Gasteiger partial charge in [0, 0.05) is 31.0 Å². The van der Waals surface area contributed by atoms with Crippen LogP contribution in [-0.4, -0.2) is 43.2 Å². The van der Waals surface area contributed by atoms with Gasteiger partial charge < -0.3 is 16.0 Å². The van der Waals surface area contributed by atoms with E-state index < -0.39 is 5.82 Å². The van der Waals surface area contributed by atoms with E-state index in [1.807, 2.05) is 12.1 Å². The zero-order valence-corrected chi connectivity index (χ0v) is 17.1. The smallest absolute Gasteiger partial charge is 0.229 e. The molecule has 5 heterocycles. The molecule has 0 radical (unpaired) electrons. The topological polar surface area (TPSA) is 97.3 Å². The highest BCUT2D eigenvalue weighted by atomic mass is 19.1. The van der Waals surface area contributed by atoms with Crippen molar-refractivity contribution in [3.8, 4) is 11.4 Å². The summed E-state index contributed by atoms with van der Waals surface area (Å²) in [6, 6.07) is 8.81. The van der Waals surface area contributed by atoms with Crippen LogP contribution in [0.25, 0.3) is 16.9 Å². The van der Waals surface area contributed by atoms with Gasteiger partial charge in [-0.1, -0.05) is 0 Å². The molecule has 5 rings (SSSR count). The number of pyridine rings is 2. The fourth-order valence-electron chi connectivity index (χ4n) is 4.04. The molecule has 0 amide bonds. The van der Waals surface area contributed by atoms with Gasteiger partial charge in [0.15, 0.2) is 5.82 Å². The number of anilines is 3. The van der Waals surface area contributed by atoms with Crippen molar-refractivity contribution >= 4 is 22.8 Å². The number of fused-ring (bicyclic) bond motifs is 1. The molecular formula is C22H23FN8. The van der Waals surface area contributed by atoms with E-state index in [4.69, 9.17) is 5.73 Å². The summed E-state index contributed by atoms with van der Waals surface area (Å²) >= 11 is 0. The number of hydrogen-bond acceptors (Lipinski definition) is 7. The van der Waals surface area contributed by atoms with Crippen molar-refractivity contribution in [1.82, 2.24) is 24.6 Å². The molecule has 0 aliphatic carbocycles. The van der Waals surface area contributed by atoms with E-state index in [1.165, 1.54) is 6.07 Å². The van der Waals surface area contributed by atoms with Gasteiger partial charge in [-0.3, -0.25) is 9.97 Å². The standard InChI is InChI=1S/C22H23FN8/c1-14-17(24)5-3-11-30(14)20-8-10-25-13-19(20)28-22-27-12-15-6-7-18(29-31(15)22)21-16(23)4-2-9-26-21/h2,4,6-10,12-14,17H,3,5,11,24H2,1H3,(H,27,28). The van der Waals surface area contributed by atoms with E-state index in [0.717, 1.165) is 36.3 Å². The Balaban J connectivity index is 1.52. The summed E-state index contributed by atoms with van der Waals surface area (Å²) < 4.78 is 15.9. The molecular weight excluding hydrogens is 395 g/mol. The monoisotopic (exact) mass is 418 g/mol. The van der Waals surface area contributed by atoms with Gasteiger partial charge >= 0.3 is 0 Å². The first-order chi connectivity index (χ1) is 15.1. The summed E-state index contributed by atoms with van der Waals surface area (Å²) in [5, 5.41) is 7.92. The largest absolute Gasteiger partial charge is 0.365 e. The van der Waals surface area contributed by atoms with Gasteiger partial charge in [-0.05, 0) is 50.1 Å². The molecule has 1 saturated heterocycles. The molecule has 0 saturated carbocycles. The van der Waals surface area contributed by atoms with E-state index in [-0.39, 0.29) is 17.8 Å². The van der Waals surface area contributed by atoms with Crippen molar-refractivity contribution in [2.24, 2.45) is 5.73 Å². The average molecular weight is 418 g/mol. The van der Waals surface area contributed by atoms with Crippen LogP contribution in [0.3, 0.4) is 0 Å². The van der Waals surface area contributed by atoms with Gasteiger partial charge in [-0.15, -0.1) is 0 Å². The Bertz CT molecular complexity index is 1220. The van der Waals surface area contributed by atoms with E-state index in [1.54, 1.807) is 41.4 Å². The first-order valence-electron chi connectivity index (χ1n) is 10.3. The Morgan fingerprint density at radius 3 is 2.90 bits per heavy atom. The Morgan fingerprint density at radius 1 is 1.13 bits per heavy atom.